The number of amides is 1. The molecule has 1 heterocycles. The van der Waals surface area contributed by atoms with E-state index in [0.717, 1.165) is 6.42 Å². The fourth-order valence-electron chi connectivity index (χ4n) is 2.22. The number of hydrogen-bond acceptors (Lipinski definition) is 4. The maximum Gasteiger partial charge on any atom is 0.272 e. The van der Waals surface area contributed by atoms with Crippen molar-refractivity contribution in [1.82, 2.24) is 10.3 Å². The van der Waals surface area contributed by atoms with Gasteiger partial charge >= 0.3 is 0 Å². The minimum Gasteiger partial charge on any atom is -0.397 e. The Labute approximate surface area is 105 Å². The number of aromatic nitrogens is 1. The average molecular weight is 251 g/mol. The van der Waals surface area contributed by atoms with Crippen LogP contribution in [-0.2, 0) is 0 Å². The highest BCUT2D eigenvalue weighted by atomic mass is 32.2. The van der Waals surface area contributed by atoms with Gasteiger partial charge in [-0.15, -0.1) is 0 Å². The maximum atomic E-state index is 12.0. The van der Waals surface area contributed by atoms with E-state index in [1.165, 1.54) is 12.8 Å². The number of thioether (sulfide) groups is 1. The second-order valence-electron chi connectivity index (χ2n) is 4.23. The molecule has 92 valence electrons. The zero-order valence-electron chi connectivity index (χ0n) is 9.85. The van der Waals surface area contributed by atoms with Crippen LogP contribution in [0, 0.1) is 0 Å². The van der Waals surface area contributed by atoms with E-state index in [0.29, 0.717) is 16.6 Å². The van der Waals surface area contributed by atoms with Crippen molar-refractivity contribution in [2.24, 2.45) is 0 Å². The lowest BCUT2D eigenvalue weighted by Crippen LogP contribution is -2.39. The van der Waals surface area contributed by atoms with Crippen LogP contribution < -0.4 is 11.1 Å². The third-order valence-electron chi connectivity index (χ3n) is 3.13. The second kappa shape index (κ2) is 5.40. The molecule has 4 nitrogen and oxygen atoms in total. The van der Waals surface area contributed by atoms with Crippen LogP contribution in [0.2, 0.25) is 0 Å². The fraction of sp³-hybridized carbons (Fsp3) is 0.500. The van der Waals surface area contributed by atoms with Crippen molar-refractivity contribution in [2.75, 3.05) is 12.0 Å². The number of nitrogens with one attached hydrogen (secondary N) is 1. The number of nitrogens with zero attached hydrogens (tertiary/aromatic N) is 1. The number of anilines is 1. The van der Waals surface area contributed by atoms with Crippen LogP contribution >= 0.6 is 11.8 Å². The first-order valence-electron chi connectivity index (χ1n) is 5.76. The quantitative estimate of drug-likeness (QED) is 0.857. The molecule has 5 heteroatoms. The van der Waals surface area contributed by atoms with E-state index in [2.05, 4.69) is 16.6 Å². The molecule has 0 spiro atoms. The number of carbonyl (C=O) groups excluding carboxylic acids is 1. The minimum absolute atomic E-state index is 0.158. The maximum absolute atomic E-state index is 12.0. The summed E-state index contributed by atoms with van der Waals surface area (Å²) in [6.07, 6.45) is 7.07. The van der Waals surface area contributed by atoms with Gasteiger partial charge in [-0.3, -0.25) is 4.79 Å². The van der Waals surface area contributed by atoms with Gasteiger partial charge in [-0.25, -0.2) is 4.98 Å². The van der Waals surface area contributed by atoms with E-state index in [4.69, 9.17) is 5.73 Å². The number of rotatable bonds is 3. The standard InChI is InChI=1S/C12H17N3OS/c1-17-10-6-2-5-9(10)15-12(16)11-8(13)4-3-7-14-11/h3-4,7,9-10H,2,5-6,13H2,1H3,(H,15,16). The highest BCUT2D eigenvalue weighted by Crippen LogP contribution is 2.28. The molecule has 0 aliphatic heterocycles. The molecule has 0 aromatic carbocycles. The van der Waals surface area contributed by atoms with Gasteiger partial charge < -0.3 is 11.1 Å². The molecule has 2 unspecified atom stereocenters. The average Bonchev–Trinajstić information content (AvgIpc) is 2.76. The third kappa shape index (κ3) is 2.72. The normalized spacial score (nSPS) is 23.6. The second-order valence-corrected chi connectivity index (χ2v) is 5.30. The highest BCUT2D eigenvalue weighted by molar-refractivity contribution is 7.99. The first kappa shape index (κ1) is 12.2. The SMILES string of the molecule is CSC1CCCC1NC(=O)c1ncccc1N. The van der Waals surface area contributed by atoms with Gasteiger partial charge in [0.2, 0.25) is 0 Å². The number of carbonyl (C=O) groups is 1. The molecular weight excluding hydrogens is 234 g/mol. The lowest BCUT2D eigenvalue weighted by atomic mass is 10.2. The highest BCUT2D eigenvalue weighted by Gasteiger charge is 2.28. The van der Waals surface area contributed by atoms with E-state index >= 15 is 0 Å². The summed E-state index contributed by atoms with van der Waals surface area (Å²) in [6, 6.07) is 3.67. The molecule has 1 amide bonds. The molecule has 0 radical (unpaired) electrons. The Morgan fingerprint density at radius 3 is 3.12 bits per heavy atom. The lowest BCUT2D eigenvalue weighted by molar-refractivity contribution is 0.0934. The van der Waals surface area contributed by atoms with Crippen molar-refractivity contribution < 1.29 is 4.79 Å². The van der Waals surface area contributed by atoms with Gasteiger partial charge in [0.15, 0.2) is 5.69 Å². The topological polar surface area (TPSA) is 68.0 Å². The number of hydrogen-bond donors (Lipinski definition) is 2. The summed E-state index contributed by atoms with van der Waals surface area (Å²) in [7, 11) is 0. The molecule has 1 aliphatic carbocycles. The summed E-state index contributed by atoms with van der Waals surface area (Å²) in [6.45, 7) is 0. The van der Waals surface area contributed by atoms with Gasteiger partial charge in [0.25, 0.3) is 5.91 Å². The zero-order chi connectivity index (χ0) is 12.3. The Morgan fingerprint density at radius 1 is 1.59 bits per heavy atom. The van der Waals surface area contributed by atoms with E-state index < -0.39 is 0 Å². The molecular formula is C12H17N3OS. The molecule has 2 rings (SSSR count). The van der Waals surface area contributed by atoms with Crippen molar-refractivity contribution in [1.29, 1.82) is 0 Å². The molecule has 0 bridgehead atoms. The zero-order valence-corrected chi connectivity index (χ0v) is 10.7. The molecule has 2 atom stereocenters. The summed E-state index contributed by atoms with van der Waals surface area (Å²) in [5.41, 5.74) is 6.50. The molecule has 3 N–H and O–H groups in total. The molecule has 1 aliphatic rings. The molecule has 1 saturated carbocycles. The molecule has 1 aromatic heterocycles. The van der Waals surface area contributed by atoms with Crippen molar-refractivity contribution >= 4 is 23.4 Å². The first-order valence-corrected chi connectivity index (χ1v) is 7.05. The van der Waals surface area contributed by atoms with Gasteiger partial charge in [-0.1, -0.05) is 6.42 Å². The first-order chi connectivity index (χ1) is 8.22. The van der Waals surface area contributed by atoms with Gasteiger partial charge in [0.05, 0.1) is 5.69 Å². The van der Waals surface area contributed by atoms with E-state index in [9.17, 15) is 4.79 Å². The van der Waals surface area contributed by atoms with Gasteiger partial charge in [-0.2, -0.15) is 11.8 Å². The summed E-state index contributed by atoms with van der Waals surface area (Å²) in [5.74, 6) is -0.158. The van der Waals surface area contributed by atoms with Crippen LogP contribution in [0.5, 0.6) is 0 Å². The smallest absolute Gasteiger partial charge is 0.272 e. The van der Waals surface area contributed by atoms with Gasteiger partial charge in [-0.05, 0) is 31.2 Å². The largest absolute Gasteiger partial charge is 0.397 e. The number of pyridine rings is 1. The van der Waals surface area contributed by atoms with Crippen LogP contribution in [0.25, 0.3) is 0 Å². The predicted octanol–water partition coefficient (Wildman–Crippen LogP) is 1.68. The van der Waals surface area contributed by atoms with Crippen molar-refractivity contribution in [3.63, 3.8) is 0 Å². The van der Waals surface area contributed by atoms with Crippen LogP contribution in [0.4, 0.5) is 5.69 Å². The van der Waals surface area contributed by atoms with E-state index in [-0.39, 0.29) is 11.9 Å². The predicted molar refractivity (Wildman–Crippen MR) is 71.1 cm³/mol. The number of nitrogens with two attached hydrogens (primary N) is 1. The third-order valence-corrected chi connectivity index (χ3v) is 4.30. The fourth-order valence-corrected chi connectivity index (χ4v) is 3.15. The Hall–Kier alpha value is -1.23. The molecule has 1 fully saturated rings. The monoisotopic (exact) mass is 251 g/mol. The Balaban J connectivity index is 2.04. The Morgan fingerprint density at radius 2 is 2.41 bits per heavy atom. The van der Waals surface area contributed by atoms with Gasteiger partial charge in [0.1, 0.15) is 0 Å². The number of nitrogen functional groups attached to an aromatic ring is 1. The van der Waals surface area contributed by atoms with Crippen molar-refractivity contribution in [2.45, 2.75) is 30.6 Å². The summed E-state index contributed by atoms with van der Waals surface area (Å²) in [5, 5.41) is 3.55. The summed E-state index contributed by atoms with van der Waals surface area (Å²) in [4.78, 5) is 16.0. The summed E-state index contributed by atoms with van der Waals surface area (Å²) >= 11 is 1.82. The minimum atomic E-state index is -0.158. The van der Waals surface area contributed by atoms with Gasteiger partial charge in [0, 0.05) is 17.5 Å². The molecule has 0 saturated heterocycles. The van der Waals surface area contributed by atoms with E-state index in [1.54, 1.807) is 18.3 Å². The van der Waals surface area contributed by atoms with Crippen molar-refractivity contribution in [3.8, 4) is 0 Å². The van der Waals surface area contributed by atoms with Crippen LogP contribution in [-0.4, -0.2) is 28.4 Å². The van der Waals surface area contributed by atoms with E-state index in [1.807, 2.05) is 11.8 Å². The van der Waals surface area contributed by atoms with Crippen LogP contribution in [0.3, 0.4) is 0 Å². The van der Waals surface area contributed by atoms with Crippen LogP contribution in [0.1, 0.15) is 29.8 Å². The Bertz CT molecular complexity index is 410. The molecule has 17 heavy (non-hydrogen) atoms. The Kier molecular flexibility index (Phi) is 3.89. The summed E-state index contributed by atoms with van der Waals surface area (Å²) < 4.78 is 0. The van der Waals surface area contributed by atoms with Crippen LogP contribution in [0.15, 0.2) is 18.3 Å². The van der Waals surface area contributed by atoms with Crippen molar-refractivity contribution in [3.05, 3.63) is 24.0 Å². The lowest BCUT2D eigenvalue weighted by Gasteiger charge is -2.19. The molecule has 1 aromatic rings.